The van der Waals surface area contributed by atoms with Crippen LogP contribution in [0.15, 0.2) is 29.9 Å². The van der Waals surface area contributed by atoms with Crippen LogP contribution in [0.4, 0.5) is 0 Å². The number of hydrogen-bond donors (Lipinski definition) is 2. The molecule has 0 saturated carbocycles. The Morgan fingerprint density at radius 1 is 1.50 bits per heavy atom. The van der Waals surface area contributed by atoms with E-state index in [0.717, 1.165) is 44.6 Å². The first-order valence-corrected chi connectivity index (χ1v) is 6.40. The molecule has 1 fully saturated rings. The molecule has 1 aliphatic rings. The second-order valence-corrected chi connectivity index (χ2v) is 4.60. The maximum atomic E-state index is 11.8. The van der Waals surface area contributed by atoms with Crippen molar-refractivity contribution < 1.29 is 4.79 Å². The predicted molar refractivity (Wildman–Crippen MR) is 70.0 cm³/mol. The largest absolute Gasteiger partial charge is 0.352 e. The Morgan fingerprint density at radius 3 is 2.94 bits per heavy atom. The van der Waals surface area contributed by atoms with Gasteiger partial charge in [-0.05, 0) is 25.3 Å². The molecule has 5 heteroatoms. The molecule has 1 aliphatic heterocycles. The van der Waals surface area contributed by atoms with Gasteiger partial charge in [0.05, 0.1) is 6.33 Å². The smallest absolute Gasteiger partial charge is 0.246 e. The third kappa shape index (κ3) is 3.43. The molecule has 0 bridgehead atoms. The molecule has 98 valence electrons. The first kappa shape index (κ1) is 12.8. The van der Waals surface area contributed by atoms with Gasteiger partial charge in [-0.15, -0.1) is 0 Å². The lowest BCUT2D eigenvalue weighted by Gasteiger charge is -2.21. The average molecular weight is 248 g/mol. The Bertz CT molecular complexity index is 416. The minimum atomic E-state index is 0.0779. The standard InChI is InChI=1S/C13H20N4O/c1-11(12-8-15-9-12)13(18)16-4-2-3-6-17-7-5-14-10-17/h5,7,10,15H,2-4,6,8-9H2,1H3,(H,16,18). The molecule has 2 rings (SSSR count). The third-order valence-electron chi connectivity index (χ3n) is 3.24. The van der Waals surface area contributed by atoms with Crippen LogP contribution in [-0.2, 0) is 11.3 Å². The van der Waals surface area contributed by atoms with Crippen LogP contribution in [-0.4, -0.2) is 35.1 Å². The van der Waals surface area contributed by atoms with E-state index in [2.05, 4.69) is 20.2 Å². The monoisotopic (exact) mass is 248 g/mol. The van der Waals surface area contributed by atoms with Crippen molar-refractivity contribution in [3.63, 3.8) is 0 Å². The number of nitrogens with one attached hydrogen (secondary N) is 2. The molecule has 2 heterocycles. The van der Waals surface area contributed by atoms with Gasteiger partial charge in [-0.1, -0.05) is 0 Å². The predicted octanol–water partition coefficient (Wildman–Crippen LogP) is 0.699. The van der Waals surface area contributed by atoms with Crippen molar-refractivity contribution in [1.29, 1.82) is 0 Å². The van der Waals surface area contributed by atoms with E-state index < -0.39 is 0 Å². The summed E-state index contributed by atoms with van der Waals surface area (Å²) < 4.78 is 2.05. The highest BCUT2D eigenvalue weighted by atomic mass is 16.1. The number of carbonyl (C=O) groups is 1. The average Bonchev–Trinajstić information content (AvgIpc) is 2.79. The SMILES string of the molecule is CC(C(=O)NCCCCn1ccnc1)=C1CNC1. The number of carbonyl (C=O) groups excluding carboxylic acids is 1. The lowest BCUT2D eigenvalue weighted by atomic mass is 10.0. The van der Waals surface area contributed by atoms with Gasteiger partial charge in [0.1, 0.15) is 0 Å². The van der Waals surface area contributed by atoms with Crippen LogP contribution in [0.2, 0.25) is 0 Å². The molecule has 1 aromatic rings. The Morgan fingerprint density at radius 2 is 2.33 bits per heavy atom. The third-order valence-corrected chi connectivity index (χ3v) is 3.24. The van der Waals surface area contributed by atoms with Gasteiger partial charge in [0.15, 0.2) is 0 Å². The summed E-state index contributed by atoms with van der Waals surface area (Å²) in [5.41, 5.74) is 2.11. The van der Waals surface area contributed by atoms with Crippen molar-refractivity contribution >= 4 is 5.91 Å². The van der Waals surface area contributed by atoms with Gasteiger partial charge in [0.2, 0.25) is 5.91 Å². The van der Waals surface area contributed by atoms with Crippen LogP contribution in [0.5, 0.6) is 0 Å². The fraction of sp³-hybridized carbons (Fsp3) is 0.538. The van der Waals surface area contributed by atoms with E-state index in [-0.39, 0.29) is 5.91 Å². The van der Waals surface area contributed by atoms with E-state index in [1.165, 1.54) is 5.57 Å². The Labute approximate surface area is 107 Å². The first-order chi connectivity index (χ1) is 8.77. The van der Waals surface area contributed by atoms with E-state index in [1.54, 1.807) is 6.20 Å². The summed E-state index contributed by atoms with van der Waals surface area (Å²) in [4.78, 5) is 15.7. The number of nitrogens with zero attached hydrogens (tertiary/aromatic N) is 2. The van der Waals surface area contributed by atoms with Crippen LogP contribution >= 0.6 is 0 Å². The van der Waals surface area contributed by atoms with E-state index in [4.69, 9.17) is 0 Å². The van der Waals surface area contributed by atoms with Gasteiger partial charge in [-0.3, -0.25) is 4.79 Å². The number of unbranched alkanes of at least 4 members (excludes halogenated alkanes) is 1. The zero-order valence-corrected chi connectivity index (χ0v) is 10.8. The van der Waals surface area contributed by atoms with Gasteiger partial charge in [-0.2, -0.15) is 0 Å². The minimum Gasteiger partial charge on any atom is -0.352 e. The summed E-state index contributed by atoms with van der Waals surface area (Å²) in [7, 11) is 0. The molecule has 1 amide bonds. The molecule has 5 nitrogen and oxygen atoms in total. The number of hydrogen-bond acceptors (Lipinski definition) is 3. The molecule has 0 aromatic carbocycles. The molecule has 0 unspecified atom stereocenters. The molecular weight excluding hydrogens is 228 g/mol. The highest BCUT2D eigenvalue weighted by Gasteiger charge is 2.15. The highest BCUT2D eigenvalue weighted by molar-refractivity contribution is 5.93. The molecule has 18 heavy (non-hydrogen) atoms. The van der Waals surface area contributed by atoms with Gasteiger partial charge in [0.25, 0.3) is 0 Å². The van der Waals surface area contributed by atoms with Crippen molar-refractivity contribution in [1.82, 2.24) is 20.2 Å². The van der Waals surface area contributed by atoms with Crippen LogP contribution < -0.4 is 10.6 Å². The summed E-state index contributed by atoms with van der Waals surface area (Å²) in [6.45, 7) is 5.32. The maximum Gasteiger partial charge on any atom is 0.246 e. The summed E-state index contributed by atoms with van der Waals surface area (Å²) >= 11 is 0. The van der Waals surface area contributed by atoms with Gasteiger partial charge in [-0.25, -0.2) is 4.98 Å². The van der Waals surface area contributed by atoms with Crippen LogP contribution in [0.25, 0.3) is 0 Å². The first-order valence-electron chi connectivity index (χ1n) is 6.40. The van der Waals surface area contributed by atoms with Crippen LogP contribution in [0, 0.1) is 0 Å². The molecular formula is C13H20N4O. The summed E-state index contributed by atoms with van der Waals surface area (Å²) in [5, 5.41) is 6.10. The van der Waals surface area contributed by atoms with Crippen LogP contribution in [0.1, 0.15) is 19.8 Å². The van der Waals surface area contributed by atoms with Crippen LogP contribution in [0.3, 0.4) is 0 Å². The number of amides is 1. The number of aryl methyl sites for hydroxylation is 1. The molecule has 0 aliphatic carbocycles. The van der Waals surface area contributed by atoms with Crippen molar-refractivity contribution in [2.45, 2.75) is 26.3 Å². The molecule has 1 aromatic heterocycles. The summed E-state index contributed by atoms with van der Waals surface area (Å²) in [6, 6.07) is 0. The summed E-state index contributed by atoms with van der Waals surface area (Å²) in [6.07, 6.45) is 7.59. The quantitative estimate of drug-likeness (QED) is 0.575. The number of rotatable bonds is 6. The fourth-order valence-corrected chi connectivity index (χ4v) is 1.85. The molecule has 0 radical (unpaired) electrons. The lowest BCUT2D eigenvalue weighted by molar-refractivity contribution is -0.117. The van der Waals surface area contributed by atoms with Crippen molar-refractivity contribution in [2.24, 2.45) is 0 Å². The molecule has 1 saturated heterocycles. The fourth-order valence-electron chi connectivity index (χ4n) is 1.85. The number of aromatic nitrogens is 2. The lowest BCUT2D eigenvalue weighted by Crippen LogP contribution is -2.37. The zero-order chi connectivity index (χ0) is 12.8. The second kappa shape index (κ2) is 6.35. The van der Waals surface area contributed by atoms with E-state index in [0.29, 0.717) is 0 Å². The molecule has 0 spiro atoms. The van der Waals surface area contributed by atoms with E-state index in [1.807, 2.05) is 19.4 Å². The summed E-state index contributed by atoms with van der Waals surface area (Å²) in [5.74, 6) is 0.0779. The molecule has 2 N–H and O–H groups in total. The van der Waals surface area contributed by atoms with Gasteiger partial charge >= 0.3 is 0 Å². The normalized spacial score (nSPS) is 14.2. The van der Waals surface area contributed by atoms with Gasteiger partial charge in [0, 0.05) is 44.1 Å². The van der Waals surface area contributed by atoms with Crippen molar-refractivity contribution in [2.75, 3.05) is 19.6 Å². The van der Waals surface area contributed by atoms with Gasteiger partial charge < -0.3 is 15.2 Å². The topological polar surface area (TPSA) is 59.0 Å². The Kier molecular flexibility index (Phi) is 4.52. The minimum absolute atomic E-state index is 0.0779. The zero-order valence-electron chi connectivity index (χ0n) is 10.8. The Hall–Kier alpha value is -1.62. The van der Waals surface area contributed by atoms with Crippen molar-refractivity contribution in [3.05, 3.63) is 29.9 Å². The maximum absolute atomic E-state index is 11.8. The Balaban J connectivity index is 1.59. The van der Waals surface area contributed by atoms with Crippen molar-refractivity contribution in [3.8, 4) is 0 Å². The van der Waals surface area contributed by atoms with E-state index in [9.17, 15) is 4.79 Å². The second-order valence-electron chi connectivity index (χ2n) is 4.60. The highest BCUT2D eigenvalue weighted by Crippen LogP contribution is 2.08. The van der Waals surface area contributed by atoms with E-state index >= 15 is 0 Å². The molecule has 0 atom stereocenters. The number of imidazole rings is 1.